The summed E-state index contributed by atoms with van der Waals surface area (Å²) < 4.78 is 6.18. The first-order valence-corrected chi connectivity index (χ1v) is 12.5. The average Bonchev–Trinajstić information content (AvgIpc) is 3.32. The molecule has 1 aromatic heterocycles. The van der Waals surface area contributed by atoms with Gasteiger partial charge in [0.05, 0.1) is 18.1 Å². The van der Waals surface area contributed by atoms with Crippen LogP contribution in [-0.4, -0.2) is 73.4 Å². The van der Waals surface area contributed by atoms with Crippen LogP contribution in [0.25, 0.3) is 10.1 Å². The first-order valence-electron chi connectivity index (χ1n) is 11.7. The van der Waals surface area contributed by atoms with Crippen LogP contribution in [0.15, 0.2) is 54.6 Å². The molecule has 190 valence electrons. The van der Waals surface area contributed by atoms with Crippen molar-refractivity contribution in [2.24, 2.45) is 0 Å². The summed E-state index contributed by atoms with van der Waals surface area (Å²) in [7, 11) is 0. The summed E-state index contributed by atoms with van der Waals surface area (Å²) in [5, 5.41) is 18.1. The fourth-order valence-electron chi connectivity index (χ4n) is 3.94. The van der Waals surface area contributed by atoms with E-state index in [1.54, 1.807) is 29.7 Å². The summed E-state index contributed by atoms with van der Waals surface area (Å²) in [5.41, 5.74) is 3.08. The molecule has 2 heterocycles. The van der Waals surface area contributed by atoms with Gasteiger partial charge in [-0.2, -0.15) is 0 Å². The highest BCUT2D eigenvalue weighted by Crippen LogP contribution is 2.28. The van der Waals surface area contributed by atoms with Crippen molar-refractivity contribution < 1.29 is 24.3 Å². The van der Waals surface area contributed by atoms with Gasteiger partial charge < -0.3 is 20.7 Å². The predicted molar refractivity (Wildman–Crippen MR) is 137 cm³/mol. The zero-order chi connectivity index (χ0) is 25.3. The van der Waals surface area contributed by atoms with Gasteiger partial charge in [0.1, 0.15) is 6.04 Å². The van der Waals surface area contributed by atoms with Gasteiger partial charge in [0, 0.05) is 43.0 Å². The van der Waals surface area contributed by atoms with Gasteiger partial charge in [0.15, 0.2) is 0 Å². The molecule has 1 aliphatic heterocycles. The summed E-state index contributed by atoms with van der Waals surface area (Å²) in [6.07, 6.45) is 0.324. The lowest BCUT2D eigenvalue weighted by atomic mass is 10.1. The number of nitrogens with zero attached hydrogens (tertiary/aromatic N) is 1. The number of carbonyl (C=O) groups excluding carboxylic acids is 3. The number of fused-ring (bicyclic) bond motifs is 1. The number of nitrogens with one attached hydrogen (secondary N) is 4. The lowest BCUT2D eigenvalue weighted by Gasteiger charge is -2.26. The molecule has 36 heavy (non-hydrogen) atoms. The van der Waals surface area contributed by atoms with E-state index in [1.165, 1.54) is 11.3 Å². The summed E-state index contributed by atoms with van der Waals surface area (Å²) in [6, 6.07) is 15.2. The number of urea groups is 1. The number of hydroxylamine groups is 1. The van der Waals surface area contributed by atoms with Gasteiger partial charge in [-0.05, 0) is 35.2 Å². The van der Waals surface area contributed by atoms with Crippen LogP contribution in [0.2, 0.25) is 0 Å². The molecule has 0 aliphatic carbocycles. The molecule has 10 nitrogen and oxygen atoms in total. The van der Waals surface area contributed by atoms with E-state index in [-0.39, 0.29) is 5.91 Å². The molecule has 0 saturated carbocycles. The van der Waals surface area contributed by atoms with Crippen molar-refractivity contribution in [1.29, 1.82) is 0 Å². The molecule has 4 rings (SSSR count). The number of morpholine rings is 1. The number of amides is 4. The summed E-state index contributed by atoms with van der Waals surface area (Å²) in [5.74, 6) is -0.946. The molecule has 11 heteroatoms. The topological polar surface area (TPSA) is 132 Å². The number of anilines is 1. The molecular weight excluding hydrogens is 482 g/mol. The molecule has 5 N–H and O–H groups in total. The van der Waals surface area contributed by atoms with E-state index in [0.29, 0.717) is 43.3 Å². The fourth-order valence-corrected chi connectivity index (χ4v) is 4.87. The van der Waals surface area contributed by atoms with Crippen LogP contribution in [0, 0.1) is 0 Å². The second-order valence-electron chi connectivity index (χ2n) is 8.39. The highest BCUT2D eigenvalue weighted by molar-refractivity contribution is 7.20. The Balaban J connectivity index is 1.40. The smallest absolute Gasteiger partial charge is 0.315 e. The average molecular weight is 512 g/mol. The molecular formula is C25H29N5O5S. The van der Waals surface area contributed by atoms with E-state index < -0.39 is 18.0 Å². The Morgan fingerprint density at radius 3 is 2.58 bits per heavy atom. The van der Waals surface area contributed by atoms with Gasteiger partial charge in [-0.3, -0.25) is 19.7 Å². The van der Waals surface area contributed by atoms with Crippen LogP contribution in [0.1, 0.15) is 15.2 Å². The number of rotatable bonds is 9. The first kappa shape index (κ1) is 25.6. The normalized spacial score (nSPS) is 14.7. The Morgan fingerprint density at radius 2 is 1.83 bits per heavy atom. The van der Waals surface area contributed by atoms with Crippen molar-refractivity contribution in [3.05, 3.63) is 65.0 Å². The fraction of sp³-hybridized carbons (Fsp3) is 0.320. The molecule has 1 aliphatic rings. The van der Waals surface area contributed by atoms with Gasteiger partial charge in [-0.25, -0.2) is 10.3 Å². The van der Waals surface area contributed by atoms with Gasteiger partial charge in [0.2, 0.25) is 5.91 Å². The maximum Gasteiger partial charge on any atom is 0.315 e. The number of thiophene rings is 1. The molecule has 1 fully saturated rings. The Kier molecular flexibility index (Phi) is 8.85. The summed E-state index contributed by atoms with van der Waals surface area (Å²) in [6.45, 7) is 4.23. The van der Waals surface area contributed by atoms with Crippen LogP contribution in [0.4, 0.5) is 10.5 Å². The van der Waals surface area contributed by atoms with Crippen LogP contribution in [0.5, 0.6) is 0 Å². The molecule has 0 bridgehead atoms. The second kappa shape index (κ2) is 12.5. The third-order valence-electron chi connectivity index (χ3n) is 5.83. The molecule has 4 amide bonds. The van der Waals surface area contributed by atoms with Gasteiger partial charge in [-0.1, -0.05) is 30.3 Å². The van der Waals surface area contributed by atoms with E-state index in [4.69, 9.17) is 9.94 Å². The lowest BCUT2D eigenvalue weighted by molar-refractivity contribution is -0.117. The van der Waals surface area contributed by atoms with Crippen molar-refractivity contribution >= 4 is 45.0 Å². The van der Waals surface area contributed by atoms with Gasteiger partial charge >= 0.3 is 6.03 Å². The molecule has 1 saturated heterocycles. The summed E-state index contributed by atoms with van der Waals surface area (Å²) >= 11 is 1.23. The van der Waals surface area contributed by atoms with Gasteiger partial charge in [-0.15, -0.1) is 11.3 Å². The largest absolute Gasteiger partial charge is 0.379 e. The highest BCUT2D eigenvalue weighted by Gasteiger charge is 2.22. The minimum Gasteiger partial charge on any atom is -0.379 e. The van der Waals surface area contributed by atoms with Gasteiger partial charge in [0.25, 0.3) is 5.91 Å². The predicted octanol–water partition coefficient (Wildman–Crippen LogP) is 2.20. The zero-order valence-corrected chi connectivity index (χ0v) is 20.5. The highest BCUT2D eigenvalue weighted by atomic mass is 32.1. The third kappa shape index (κ3) is 7.01. The third-order valence-corrected chi connectivity index (χ3v) is 6.95. The Hall–Kier alpha value is -3.51. The quantitative estimate of drug-likeness (QED) is 0.221. The van der Waals surface area contributed by atoms with Crippen LogP contribution in [-0.2, 0) is 16.0 Å². The first-order chi connectivity index (χ1) is 17.5. The SMILES string of the molecule is O=C(NCCN1CCOCC1)NC(Cc1ccccc1)C(=O)Nc1ccc2sc(C(=O)NO)cc2c1. The minimum atomic E-state index is -0.801. The van der Waals surface area contributed by atoms with E-state index in [9.17, 15) is 14.4 Å². The van der Waals surface area contributed by atoms with E-state index in [2.05, 4.69) is 20.9 Å². The van der Waals surface area contributed by atoms with E-state index in [0.717, 1.165) is 28.7 Å². The number of carbonyl (C=O) groups is 3. The number of benzene rings is 2. The van der Waals surface area contributed by atoms with Crippen molar-refractivity contribution in [1.82, 2.24) is 21.0 Å². The molecule has 1 atom stereocenters. The monoisotopic (exact) mass is 511 g/mol. The van der Waals surface area contributed by atoms with Crippen LogP contribution < -0.4 is 21.4 Å². The zero-order valence-electron chi connectivity index (χ0n) is 19.7. The molecule has 0 radical (unpaired) electrons. The van der Waals surface area contributed by atoms with E-state index in [1.807, 2.05) is 30.3 Å². The maximum absolute atomic E-state index is 13.2. The lowest BCUT2D eigenvalue weighted by Crippen LogP contribution is -2.50. The number of ether oxygens (including phenoxy) is 1. The molecule has 3 aromatic rings. The van der Waals surface area contributed by atoms with Crippen LogP contribution in [0.3, 0.4) is 0 Å². The Labute approximate surface area is 212 Å². The van der Waals surface area contributed by atoms with Crippen molar-refractivity contribution in [3.8, 4) is 0 Å². The van der Waals surface area contributed by atoms with Crippen molar-refractivity contribution in [2.75, 3.05) is 44.7 Å². The van der Waals surface area contributed by atoms with E-state index >= 15 is 0 Å². The van der Waals surface area contributed by atoms with Crippen molar-refractivity contribution in [3.63, 3.8) is 0 Å². The Morgan fingerprint density at radius 1 is 1.06 bits per heavy atom. The molecule has 1 unspecified atom stereocenters. The minimum absolute atomic E-state index is 0.324. The van der Waals surface area contributed by atoms with Crippen molar-refractivity contribution in [2.45, 2.75) is 12.5 Å². The maximum atomic E-state index is 13.2. The number of hydrogen-bond acceptors (Lipinski definition) is 7. The number of hydrogen-bond donors (Lipinski definition) is 5. The summed E-state index contributed by atoms with van der Waals surface area (Å²) in [4.78, 5) is 40.1. The molecule has 0 spiro atoms. The van der Waals surface area contributed by atoms with Crippen LogP contribution >= 0.6 is 11.3 Å². The molecule has 2 aromatic carbocycles. The Bertz CT molecular complexity index is 1200. The standard InChI is InChI=1S/C25H29N5O5S/c31-23(27-19-6-7-21-18(15-19)16-22(36-21)24(32)29-34)20(14-17-4-2-1-3-5-17)28-25(33)26-8-9-30-10-12-35-13-11-30/h1-7,15-16,20,34H,8-14H2,(H,27,31)(H,29,32)(H2,26,28,33). The second-order valence-corrected chi connectivity index (χ2v) is 9.47.